The number of carbonyl (C=O) groups excluding carboxylic acids is 2. The third-order valence-electron chi connectivity index (χ3n) is 6.80. The van der Waals surface area contributed by atoms with Crippen molar-refractivity contribution in [1.82, 2.24) is 0 Å². The van der Waals surface area contributed by atoms with Crippen molar-refractivity contribution in [2.24, 2.45) is 35.5 Å². The summed E-state index contributed by atoms with van der Waals surface area (Å²) in [5, 5.41) is 0. The molecule has 1 aromatic carbocycles. The standard InChI is InChI=1S/C21H26O2/c1-11-4-6-14(7-5-11)17-13(3)10-15-8-12(2)9-16-18(15)19(17)21(23)20(16)22/h4-7,12-13,15-19H,8-10H2,1-3H3. The minimum Gasteiger partial charge on any atom is -0.291 e. The second-order valence-corrected chi connectivity index (χ2v) is 8.42. The molecule has 4 rings (SSSR count). The third kappa shape index (κ3) is 2.21. The van der Waals surface area contributed by atoms with E-state index in [2.05, 4.69) is 45.0 Å². The first-order valence-electron chi connectivity index (χ1n) is 9.12. The molecule has 0 saturated heterocycles. The van der Waals surface area contributed by atoms with Gasteiger partial charge in [0.2, 0.25) is 11.6 Å². The van der Waals surface area contributed by atoms with Crippen molar-refractivity contribution in [3.05, 3.63) is 35.4 Å². The van der Waals surface area contributed by atoms with E-state index >= 15 is 0 Å². The summed E-state index contributed by atoms with van der Waals surface area (Å²) < 4.78 is 0. The number of rotatable bonds is 1. The largest absolute Gasteiger partial charge is 0.291 e. The highest BCUT2D eigenvalue weighted by Gasteiger charge is 2.60. The van der Waals surface area contributed by atoms with Crippen molar-refractivity contribution in [3.63, 3.8) is 0 Å². The van der Waals surface area contributed by atoms with Crippen molar-refractivity contribution in [2.45, 2.75) is 46.0 Å². The van der Waals surface area contributed by atoms with Crippen molar-refractivity contribution < 1.29 is 9.59 Å². The van der Waals surface area contributed by atoms with Gasteiger partial charge in [-0.3, -0.25) is 9.59 Å². The molecule has 0 bridgehead atoms. The molecule has 0 radical (unpaired) electrons. The molecule has 3 saturated carbocycles. The quantitative estimate of drug-likeness (QED) is 0.730. The zero-order valence-electron chi connectivity index (χ0n) is 14.3. The minimum absolute atomic E-state index is 0.0155. The van der Waals surface area contributed by atoms with Gasteiger partial charge in [-0.2, -0.15) is 0 Å². The maximum absolute atomic E-state index is 12.8. The number of hydrogen-bond acceptors (Lipinski definition) is 2. The van der Waals surface area contributed by atoms with Crippen LogP contribution in [0.3, 0.4) is 0 Å². The second-order valence-electron chi connectivity index (χ2n) is 8.42. The van der Waals surface area contributed by atoms with Crippen molar-refractivity contribution in [3.8, 4) is 0 Å². The fourth-order valence-corrected chi connectivity index (χ4v) is 5.99. The van der Waals surface area contributed by atoms with E-state index in [1.807, 2.05) is 0 Å². The lowest BCUT2D eigenvalue weighted by Crippen LogP contribution is -2.42. The molecule has 0 amide bonds. The fourth-order valence-electron chi connectivity index (χ4n) is 5.99. The Kier molecular flexibility index (Phi) is 3.48. The predicted octanol–water partition coefficient (Wildman–Crippen LogP) is 4.16. The molecule has 1 aromatic rings. The maximum atomic E-state index is 12.8. The van der Waals surface area contributed by atoms with E-state index in [1.54, 1.807) is 0 Å². The van der Waals surface area contributed by atoms with Gasteiger partial charge in [0, 0.05) is 11.8 Å². The molecule has 0 spiro atoms. The highest BCUT2D eigenvalue weighted by atomic mass is 16.2. The molecule has 122 valence electrons. The maximum Gasteiger partial charge on any atom is 0.202 e. The molecule has 0 aromatic heterocycles. The number of hydrogen-bond donors (Lipinski definition) is 0. The number of benzene rings is 1. The summed E-state index contributed by atoms with van der Waals surface area (Å²) in [7, 11) is 0. The van der Waals surface area contributed by atoms with Crippen molar-refractivity contribution >= 4 is 11.6 Å². The SMILES string of the molecule is Cc1ccc(C2C(C)CC3CC(C)CC4C(=O)C(=O)C2C34)cc1. The minimum atomic E-state index is -0.0591. The summed E-state index contributed by atoms with van der Waals surface area (Å²) >= 11 is 0. The highest BCUT2D eigenvalue weighted by molar-refractivity contribution is 6.41. The van der Waals surface area contributed by atoms with E-state index < -0.39 is 0 Å². The van der Waals surface area contributed by atoms with Crippen LogP contribution in [0, 0.1) is 42.4 Å². The van der Waals surface area contributed by atoms with E-state index in [1.165, 1.54) is 24.0 Å². The Balaban J connectivity index is 1.76. The first kappa shape index (κ1) is 15.1. The molecule has 2 nitrogen and oxygen atoms in total. The van der Waals surface area contributed by atoms with Crippen molar-refractivity contribution in [2.75, 3.05) is 0 Å². The monoisotopic (exact) mass is 310 g/mol. The summed E-state index contributed by atoms with van der Waals surface area (Å²) in [5.41, 5.74) is 2.50. The van der Waals surface area contributed by atoms with Gasteiger partial charge < -0.3 is 0 Å². The van der Waals surface area contributed by atoms with Gasteiger partial charge >= 0.3 is 0 Å². The number of ketones is 2. The average molecular weight is 310 g/mol. The molecule has 23 heavy (non-hydrogen) atoms. The predicted molar refractivity (Wildman–Crippen MR) is 90.1 cm³/mol. The summed E-state index contributed by atoms with van der Waals surface area (Å²) in [6.07, 6.45) is 3.29. The van der Waals surface area contributed by atoms with Crippen LogP contribution in [0.2, 0.25) is 0 Å². The number of Topliss-reactive ketones (excluding diaryl/α,β-unsaturated/α-hetero) is 2. The van der Waals surface area contributed by atoms with Crippen LogP contribution in [-0.2, 0) is 9.59 Å². The van der Waals surface area contributed by atoms with Crippen LogP contribution >= 0.6 is 0 Å². The molecule has 2 heteroatoms. The van der Waals surface area contributed by atoms with Crippen LogP contribution in [0.15, 0.2) is 24.3 Å². The molecular formula is C21H26O2. The Bertz CT molecular complexity index is 644. The highest BCUT2D eigenvalue weighted by Crippen LogP contribution is 2.58. The Morgan fingerprint density at radius 1 is 0.870 bits per heavy atom. The zero-order chi connectivity index (χ0) is 16.3. The lowest BCUT2D eigenvalue weighted by Gasteiger charge is -2.48. The molecular weight excluding hydrogens is 284 g/mol. The molecule has 3 aliphatic carbocycles. The van der Waals surface area contributed by atoms with Gasteiger partial charge in [-0.25, -0.2) is 0 Å². The molecule has 0 N–H and O–H groups in total. The van der Waals surface area contributed by atoms with Crippen LogP contribution in [0.5, 0.6) is 0 Å². The van der Waals surface area contributed by atoms with E-state index in [-0.39, 0.29) is 29.3 Å². The molecule has 7 unspecified atom stereocenters. The molecule has 3 fully saturated rings. The Labute approximate surface area is 138 Å². The number of carbonyl (C=O) groups is 2. The fraction of sp³-hybridized carbons (Fsp3) is 0.619. The number of aryl methyl sites for hydroxylation is 1. The zero-order valence-corrected chi connectivity index (χ0v) is 14.3. The third-order valence-corrected chi connectivity index (χ3v) is 6.80. The lowest BCUT2D eigenvalue weighted by atomic mass is 9.55. The smallest absolute Gasteiger partial charge is 0.202 e. The van der Waals surface area contributed by atoms with Gasteiger partial charge in [0.15, 0.2) is 0 Å². The molecule has 7 atom stereocenters. The lowest BCUT2D eigenvalue weighted by molar-refractivity contribution is -0.137. The molecule has 0 aliphatic heterocycles. The van der Waals surface area contributed by atoms with Gasteiger partial charge in [0.05, 0.1) is 0 Å². The van der Waals surface area contributed by atoms with E-state index in [0.717, 1.165) is 6.42 Å². The average Bonchev–Trinajstić information content (AvgIpc) is 2.75. The summed E-state index contributed by atoms with van der Waals surface area (Å²) in [6, 6.07) is 8.62. The van der Waals surface area contributed by atoms with E-state index in [4.69, 9.17) is 0 Å². The molecule has 0 heterocycles. The van der Waals surface area contributed by atoms with Gasteiger partial charge in [-0.05, 0) is 61.3 Å². The Morgan fingerprint density at radius 2 is 1.57 bits per heavy atom. The second kappa shape index (κ2) is 5.29. The Hall–Kier alpha value is -1.44. The summed E-state index contributed by atoms with van der Waals surface area (Å²) in [4.78, 5) is 25.5. The van der Waals surface area contributed by atoms with Crippen molar-refractivity contribution in [1.29, 1.82) is 0 Å². The first-order valence-corrected chi connectivity index (χ1v) is 9.12. The van der Waals surface area contributed by atoms with Crippen LogP contribution in [0.4, 0.5) is 0 Å². The van der Waals surface area contributed by atoms with Gasteiger partial charge in [0.25, 0.3) is 0 Å². The molecule has 3 aliphatic rings. The summed E-state index contributed by atoms with van der Waals surface area (Å²) in [6.45, 7) is 6.62. The van der Waals surface area contributed by atoms with Gasteiger partial charge in [-0.1, -0.05) is 43.7 Å². The normalized spacial score (nSPS) is 42.7. The summed E-state index contributed by atoms with van der Waals surface area (Å²) in [5.74, 6) is 2.02. The van der Waals surface area contributed by atoms with Crippen LogP contribution in [0.1, 0.15) is 50.2 Å². The topological polar surface area (TPSA) is 34.1 Å². The van der Waals surface area contributed by atoms with Gasteiger partial charge in [-0.15, -0.1) is 0 Å². The van der Waals surface area contributed by atoms with E-state index in [9.17, 15) is 9.59 Å². The van der Waals surface area contributed by atoms with E-state index in [0.29, 0.717) is 23.7 Å². The Morgan fingerprint density at radius 3 is 2.26 bits per heavy atom. The van der Waals surface area contributed by atoms with Gasteiger partial charge in [0.1, 0.15) is 0 Å². The van der Waals surface area contributed by atoms with Crippen LogP contribution in [0.25, 0.3) is 0 Å². The van der Waals surface area contributed by atoms with Crippen LogP contribution < -0.4 is 0 Å². The first-order chi connectivity index (χ1) is 11.0. The van der Waals surface area contributed by atoms with Crippen LogP contribution in [-0.4, -0.2) is 11.6 Å².